The van der Waals surface area contributed by atoms with Gasteiger partial charge < -0.3 is 10.1 Å². The molecule has 26 heavy (non-hydrogen) atoms. The van der Waals surface area contributed by atoms with Crippen LogP contribution in [0.5, 0.6) is 0 Å². The highest BCUT2D eigenvalue weighted by atomic mass is 16.5. The Kier molecular flexibility index (Phi) is 4.37. The molecule has 138 valence electrons. The molecule has 2 fully saturated rings. The molecule has 4 rings (SSSR count). The van der Waals surface area contributed by atoms with Gasteiger partial charge in [-0.05, 0) is 30.7 Å². The number of piperidine rings is 1. The topological polar surface area (TPSA) is 88.5 Å². The van der Waals surface area contributed by atoms with Crippen LogP contribution in [-0.4, -0.2) is 54.6 Å². The molecule has 2 aromatic rings. The van der Waals surface area contributed by atoms with Crippen LogP contribution in [0, 0.1) is 0 Å². The average molecular weight is 357 g/mol. The lowest BCUT2D eigenvalue weighted by Crippen LogP contribution is -2.49. The number of amides is 3. The fourth-order valence-electron chi connectivity index (χ4n) is 3.91. The van der Waals surface area contributed by atoms with Crippen molar-refractivity contribution in [1.82, 2.24) is 20.4 Å². The second-order valence-electron chi connectivity index (χ2n) is 6.85. The maximum absolute atomic E-state index is 12.2. The molecule has 0 radical (unpaired) electrons. The van der Waals surface area contributed by atoms with Crippen LogP contribution in [0.3, 0.4) is 0 Å². The molecule has 0 saturated carbocycles. The summed E-state index contributed by atoms with van der Waals surface area (Å²) >= 11 is 0. The van der Waals surface area contributed by atoms with Gasteiger partial charge in [0, 0.05) is 45.0 Å². The van der Waals surface area contributed by atoms with Gasteiger partial charge in [-0.25, -0.2) is 4.79 Å². The van der Waals surface area contributed by atoms with Crippen LogP contribution in [0.15, 0.2) is 18.2 Å². The van der Waals surface area contributed by atoms with Crippen LogP contribution in [0.25, 0.3) is 10.9 Å². The van der Waals surface area contributed by atoms with Crippen molar-refractivity contribution in [1.29, 1.82) is 0 Å². The third-order valence-electron chi connectivity index (χ3n) is 5.32. The Labute approximate surface area is 151 Å². The third-order valence-corrected chi connectivity index (χ3v) is 5.32. The van der Waals surface area contributed by atoms with Crippen molar-refractivity contribution >= 4 is 28.7 Å². The highest BCUT2D eigenvalue weighted by molar-refractivity contribution is 6.08. The van der Waals surface area contributed by atoms with Crippen LogP contribution in [0.2, 0.25) is 0 Å². The molecule has 2 aliphatic heterocycles. The second-order valence-corrected chi connectivity index (χ2v) is 6.85. The molecule has 8 nitrogen and oxygen atoms in total. The number of benzene rings is 1. The van der Waals surface area contributed by atoms with E-state index in [2.05, 4.69) is 27.9 Å². The van der Waals surface area contributed by atoms with Crippen molar-refractivity contribution in [3.05, 3.63) is 23.8 Å². The fraction of sp³-hybridized carbons (Fsp3) is 0.500. The highest BCUT2D eigenvalue weighted by Gasteiger charge is 2.30. The summed E-state index contributed by atoms with van der Waals surface area (Å²) < 4.78 is 7.44. The monoisotopic (exact) mass is 357 g/mol. The first kappa shape index (κ1) is 17.0. The zero-order valence-corrected chi connectivity index (χ0v) is 15.0. The number of methoxy groups -OCH3 is 1. The van der Waals surface area contributed by atoms with Gasteiger partial charge in [0.2, 0.25) is 5.91 Å². The number of hydrogen-bond acceptors (Lipinski definition) is 5. The maximum atomic E-state index is 12.2. The lowest BCUT2D eigenvalue weighted by Gasteiger charge is -2.31. The van der Waals surface area contributed by atoms with Crippen LogP contribution in [0.1, 0.15) is 24.3 Å². The Morgan fingerprint density at radius 1 is 1.31 bits per heavy atom. The van der Waals surface area contributed by atoms with Crippen molar-refractivity contribution in [3.63, 3.8) is 0 Å². The molecule has 3 heterocycles. The van der Waals surface area contributed by atoms with Gasteiger partial charge in [0.15, 0.2) is 5.82 Å². The van der Waals surface area contributed by atoms with Gasteiger partial charge in [-0.3, -0.25) is 19.7 Å². The number of hydrogen-bond donors (Lipinski definition) is 2. The van der Waals surface area contributed by atoms with Gasteiger partial charge in [0.25, 0.3) is 0 Å². The molecule has 2 aliphatic rings. The summed E-state index contributed by atoms with van der Waals surface area (Å²) in [6.07, 6.45) is 1.45. The molecule has 2 saturated heterocycles. The van der Waals surface area contributed by atoms with Gasteiger partial charge in [0.05, 0.1) is 11.6 Å². The number of aromatic nitrogens is 2. The minimum atomic E-state index is -0.414. The van der Waals surface area contributed by atoms with E-state index >= 15 is 0 Å². The summed E-state index contributed by atoms with van der Waals surface area (Å²) in [5.41, 5.74) is 2.19. The van der Waals surface area contributed by atoms with Crippen molar-refractivity contribution in [3.8, 4) is 0 Å². The second kappa shape index (κ2) is 6.69. The van der Waals surface area contributed by atoms with Crippen molar-refractivity contribution < 1.29 is 14.3 Å². The summed E-state index contributed by atoms with van der Waals surface area (Å²) in [5.74, 6) is 0.679. The smallest absolute Gasteiger partial charge is 0.329 e. The summed E-state index contributed by atoms with van der Waals surface area (Å²) in [7, 11) is 3.63. The predicted octanol–water partition coefficient (Wildman–Crippen LogP) is 1.11. The van der Waals surface area contributed by atoms with Gasteiger partial charge in [0.1, 0.15) is 0 Å². The van der Waals surface area contributed by atoms with E-state index in [-0.39, 0.29) is 18.4 Å². The fourth-order valence-corrected chi connectivity index (χ4v) is 3.91. The van der Waals surface area contributed by atoms with E-state index in [1.54, 1.807) is 11.8 Å². The lowest BCUT2D eigenvalue weighted by molar-refractivity contribution is -0.120. The molecule has 2 N–H and O–H groups in total. The zero-order chi connectivity index (χ0) is 18.3. The maximum Gasteiger partial charge on any atom is 0.329 e. The number of aryl methyl sites for hydroxylation is 1. The Hall–Kier alpha value is -2.45. The first-order valence-electron chi connectivity index (χ1n) is 8.90. The van der Waals surface area contributed by atoms with Crippen LogP contribution in [-0.2, 0) is 16.6 Å². The first-order valence-corrected chi connectivity index (χ1v) is 8.90. The number of imide groups is 1. The average Bonchev–Trinajstić information content (AvgIpc) is 2.97. The van der Waals surface area contributed by atoms with Crippen LogP contribution < -0.4 is 15.5 Å². The number of carbonyl (C=O) groups is 2. The van der Waals surface area contributed by atoms with Gasteiger partial charge in [-0.2, -0.15) is 5.10 Å². The lowest BCUT2D eigenvalue weighted by atomic mass is 9.87. The van der Waals surface area contributed by atoms with E-state index in [1.165, 1.54) is 10.5 Å². The summed E-state index contributed by atoms with van der Waals surface area (Å²) in [6, 6.07) is 5.84. The number of rotatable bonds is 3. The van der Waals surface area contributed by atoms with Gasteiger partial charge in [-0.1, -0.05) is 6.07 Å². The summed E-state index contributed by atoms with van der Waals surface area (Å²) in [5, 5.41) is 11.2. The largest absolute Gasteiger partial charge is 0.379 e. The Morgan fingerprint density at radius 2 is 2.15 bits per heavy atom. The Balaban J connectivity index is 1.71. The standard InChI is InChI=1S/C18H23N5O3/c1-22-14-9-11(12-5-7-19-10-15(12)26-2)3-4-13(14)17(21-22)23-8-6-16(24)20-18(23)25/h3-4,9,12,15,19H,5-8,10H2,1-2H3,(H,20,24,25)/t12-,15-/m0/s1. The molecule has 0 aliphatic carbocycles. The number of fused-ring (bicyclic) bond motifs is 1. The van der Waals surface area contributed by atoms with E-state index in [0.717, 1.165) is 30.4 Å². The van der Waals surface area contributed by atoms with Crippen molar-refractivity contribution in [2.24, 2.45) is 7.05 Å². The Bertz CT molecular complexity index is 862. The number of urea groups is 1. The molecule has 0 bridgehead atoms. The van der Waals surface area contributed by atoms with E-state index in [9.17, 15) is 9.59 Å². The van der Waals surface area contributed by atoms with E-state index < -0.39 is 6.03 Å². The SMILES string of the molecule is CO[C@H]1CNCC[C@H]1c1ccc2c(N3CCC(=O)NC3=O)nn(C)c2c1. The molecule has 0 unspecified atom stereocenters. The molecule has 1 aromatic carbocycles. The minimum absolute atomic E-state index is 0.146. The molecule has 8 heteroatoms. The van der Waals surface area contributed by atoms with Crippen molar-refractivity contribution in [2.75, 3.05) is 31.6 Å². The number of anilines is 1. The predicted molar refractivity (Wildman–Crippen MR) is 97.2 cm³/mol. The number of carbonyl (C=O) groups excluding carboxylic acids is 2. The molecule has 2 atom stereocenters. The summed E-state index contributed by atoms with van der Waals surface area (Å²) in [6.45, 7) is 2.16. The van der Waals surface area contributed by atoms with Crippen molar-refractivity contribution in [2.45, 2.75) is 24.9 Å². The Morgan fingerprint density at radius 3 is 2.92 bits per heavy atom. The highest BCUT2D eigenvalue weighted by Crippen LogP contribution is 2.33. The van der Waals surface area contributed by atoms with E-state index in [4.69, 9.17) is 4.74 Å². The third kappa shape index (κ3) is 2.85. The molecule has 1 aromatic heterocycles. The van der Waals surface area contributed by atoms with Gasteiger partial charge in [-0.15, -0.1) is 0 Å². The zero-order valence-electron chi connectivity index (χ0n) is 15.0. The molecular formula is C18H23N5O3. The van der Waals surface area contributed by atoms with Crippen LogP contribution in [0.4, 0.5) is 10.6 Å². The minimum Gasteiger partial charge on any atom is -0.379 e. The van der Waals surface area contributed by atoms with Crippen LogP contribution >= 0.6 is 0 Å². The summed E-state index contributed by atoms with van der Waals surface area (Å²) in [4.78, 5) is 25.1. The molecule has 3 amide bonds. The first-order chi connectivity index (χ1) is 12.6. The van der Waals surface area contributed by atoms with E-state index in [1.807, 2.05) is 13.1 Å². The number of nitrogens with zero attached hydrogens (tertiary/aromatic N) is 3. The molecule has 0 spiro atoms. The number of nitrogens with one attached hydrogen (secondary N) is 2. The quantitative estimate of drug-likeness (QED) is 0.859. The number of ether oxygens (including phenoxy) is 1. The normalized spacial score (nSPS) is 24.2. The van der Waals surface area contributed by atoms with E-state index in [0.29, 0.717) is 18.3 Å². The van der Waals surface area contributed by atoms with Gasteiger partial charge >= 0.3 is 6.03 Å². The molecular weight excluding hydrogens is 334 g/mol.